The first kappa shape index (κ1) is 15.5. The summed E-state index contributed by atoms with van der Waals surface area (Å²) in [6, 6.07) is 3.45. The molecule has 1 saturated heterocycles. The van der Waals surface area contributed by atoms with Crippen LogP contribution in [-0.2, 0) is 16.1 Å². The number of rotatable bonds is 4. The van der Waals surface area contributed by atoms with Gasteiger partial charge in [0, 0.05) is 6.61 Å². The van der Waals surface area contributed by atoms with Crippen LogP contribution in [0.4, 0.5) is 8.78 Å². The first-order valence-electron chi connectivity index (χ1n) is 7.31. The van der Waals surface area contributed by atoms with Crippen molar-refractivity contribution in [1.82, 2.24) is 15.5 Å². The third-order valence-corrected chi connectivity index (χ3v) is 3.54. The molecule has 1 N–H and O–H groups in total. The predicted octanol–water partition coefficient (Wildman–Crippen LogP) is 2.20. The maximum absolute atomic E-state index is 13.6. The number of halogens is 2. The number of nitrogens with zero attached hydrogens (tertiary/aromatic N) is 2. The summed E-state index contributed by atoms with van der Waals surface area (Å²) in [5.74, 6) is -1.97. The Hall–Kier alpha value is -2.35. The predicted molar refractivity (Wildman–Crippen MR) is 75.1 cm³/mol. The zero-order valence-corrected chi connectivity index (χ0v) is 12.2. The zero-order chi connectivity index (χ0) is 16.2. The van der Waals surface area contributed by atoms with Gasteiger partial charge in [-0.3, -0.25) is 4.79 Å². The van der Waals surface area contributed by atoms with Gasteiger partial charge in [-0.15, -0.1) is 0 Å². The molecule has 3 rings (SSSR count). The number of nitrogens with one attached hydrogen (secondary N) is 1. The number of aromatic nitrogens is 2. The molecule has 0 bridgehead atoms. The van der Waals surface area contributed by atoms with Gasteiger partial charge in [-0.05, 0) is 31.4 Å². The molecule has 0 radical (unpaired) electrons. The Morgan fingerprint density at radius 3 is 2.78 bits per heavy atom. The van der Waals surface area contributed by atoms with Crippen LogP contribution in [0.2, 0.25) is 0 Å². The molecule has 0 spiro atoms. The largest absolute Gasteiger partial charge is 0.368 e. The fraction of sp³-hybridized carbons (Fsp3) is 0.400. The minimum atomic E-state index is -0.792. The standard InChI is InChI=1S/C15H15F2N3O3/c16-9-4-3-5-10(17)13(9)15-19-12(20-23-15)8-18-14(21)11-6-1-2-7-22-11/h3-5,11H,1-2,6-8H2,(H,18,21)/t11-/m0/s1. The zero-order valence-electron chi connectivity index (χ0n) is 12.2. The Bertz CT molecular complexity index is 679. The minimum Gasteiger partial charge on any atom is -0.368 e. The monoisotopic (exact) mass is 323 g/mol. The molecule has 1 aliphatic rings. The molecular weight excluding hydrogens is 308 g/mol. The molecule has 2 aromatic rings. The molecule has 2 heterocycles. The highest BCUT2D eigenvalue weighted by Gasteiger charge is 2.23. The van der Waals surface area contributed by atoms with Gasteiger partial charge in [-0.25, -0.2) is 8.78 Å². The highest BCUT2D eigenvalue weighted by Crippen LogP contribution is 2.24. The molecule has 0 saturated carbocycles. The van der Waals surface area contributed by atoms with Crippen LogP contribution in [-0.4, -0.2) is 28.8 Å². The maximum atomic E-state index is 13.6. The first-order valence-corrected chi connectivity index (χ1v) is 7.31. The lowest BCUT2D eigenvalue weighted by Gasteiger charge is -2.21. The van der Waals surface area contributed by atoms with E-state index >= 15 is 0 Å². The maximum Gasteiger partial charge on any atom is 0.263 e. The third-order valence-electron chi connectivity index (χ3n) is 3.54. The van der Waals surface area contributed by atoms with Crippen LogP contribution in [0.5, 0.6) is 0 Å². The third kappa shape index (κ3) is 3.53. The number of amides is 1. The van der Waals surface area contributed by atoms with E-state index in [0.29, 0.717) is 13.0 Å². The summed E-state index contributed by atoms with van der Waals surface area (Å²) >= 11 is 0. The van der Waals surface area contributed by atoms with Crippen molar-refractivity contribution in [2.45, 2.75) is 31.9 Å². The van der Waals surface area contributed by atoms with Crippen LogP contribution in [0.15, 0.2) is 22.7 Å². The molecule has 0 unspecified atom stereocenters. The van der Waals surface area contributed by atoms with Crippen LogP contribution >= 0.6 is 0 Å². The smallest absolute Gasteiger partial charge is 0.263 e. The van der Waals surface area contributed by atoms with Crippen LogP contribution in [0.25, 0.3) is 11.5 Å². The Labute approximate surface area is 130 Å². The highest BCUT2D eigenvalue weighted by molar-refractivity contribution is 5.80. The normalized spacial score (nSPS) is 17.9. The fourth-order valence-corrected chi connectivity index (χ4v) is 2.36. The van der Waals surface area contributed by atoms with Crippen molar-refractivity contribution in [3.63, 3.8) is 0 Å². The summed E-state index contributed by atoms with van der Waals surface area (Å²) in [6.45, 7) is 0.565. The number of hydrogen-bond donors (Lipinski definition) is 1. The minimum absolute atomic E-state index is 0.00172. The van der Waals surface area contributed by atoms with Crippen molar-refractivity contribution in [3.05, 3.63) is 35.7 Å². The van der Waals surface area contributed by atoms with Crippen molar-refractivity contribution in [1.29, 1.82) is 0 Å². The van der Waals surface area contributed by atoms with Crippen LogP contribution in [0, 0.1) is 11.6 Å². The molecule has 1 aromatic heterocycles. The molecule has 1 atom stereocenters. The Morgan fingerprint density at radius 1 is 1.30 bits per heavy atom. The number of carbonyl (C=O) groups excluding carboxylic acids is 1. The molecule has 23 heavy (non-hydrogen) atoms. The van der Waals surface area contributed by atoms with Gasteiger partial charge >= 0.3 is 0 Å². The molecule has 8 heteroatoms. The van der Waals surface area contributed by atoms with Crippen molar-refractivity contribution in [2.75, 3.05) is 6.61 Å². The van der Waals surface area contributed by atoms with Crippen molar-refractivity contribution >= 4 is 5.91 Å². The topological polar surface area (TPSA) is 77.3 Å². The van der Waals surface area contributed by atoms with E-state index < -0.39 is 17.7 Å². The van der Waals surface area contributed by atoms with E-state index in [-0.39, 0.29) is 29.7 Å². The van der Waals surface area contributed by atoms with Gasteiger partial charge in [-0.2, -0.15) is 4.98 Å². The Morgan fingerprint density at radius 2 is 2.09 bits per heavy atom. The molecule has 1 amide bonds. The molecule has 1 fully saturated rings. The van der Waals surface area contributed by atoms with Crippen LogP contribution in [0.3, 0.4) is 0 Å². The van der Waals surface area contributed by atoms with Gasteiger partial charge in [0.15, 0.2) is 5.82 Å². The summed E-state index contributed by atoms with van der Waals surface area (Å²) in [5.41, 5.74) is -0.381. The van der Waals surface area contributed by atoms with Crippen molar-refractivity contribution < 1.29 is 22.8 Å². The quantitative estimate of drug-likeness (QED) is 0.933. The lowest BCUT2D eigenvalue weighted by Crippen LogP contribution is -2.38. The number of ether oxygens (including phenoxy) is 1. The van der Waals surface area contributed by atoms with Gasteiger partial charge in [-0.1, -0.05) is 11.2 Å². The molecular formula is C15H15F2N3O3. The molecule has 0 aliphatic carbocycles. The summed E-state index contributed by atoms with van der Waals surface area (Å²) in [6.07, 6.45) is 2.09. The Balaban J connectivity index is 1.64. The summed E-state index contributed by atoms with van der Waals surface area (Å²) < 4.78 is 37.5. The first-order chi connectivity index (χ1) is 11.1. The van der Waals surface area contributed by atoms with E-state index in [1.807, 2.05) is 0 Å². The van der Waals surface area contributed by atoms with E-state index in [1.165, 1.54) is 6.07 Å². The summed E-state index contributed by atoms with van der Waals surface area (Å²) in [4.78, 5) is 15.8. The molecule has 1 aromatic carbocycles. The van der Waals surface area contributed by atoms with Crippen molar-refractivity contribution in [2.24, 2.45) is 0 Å². The molecule has 1 aliphatic heterocycles. The van der Waals surface area contributed by atoms with E-state index in [1.54, 1.807) is 0 Å². The van der Waals surface area contributed by atoms with E-state index in [9.17, 15) is 13.6 Å². The highest BCUT2D eigenvalue weighted by atomic mass is 19.1. The van der Waals surface area contributed by atoms with Gasteiger partial charge in [0.1, 0.15) is 23.3 Å². The lowest BCUT2D eigenvalue weighted by molar-refractivity contribution is -0.135. The van der Waals surface area contributed by atoms with Gasteiger partial charge in [0.2, 0.25) is 5.91 Å². The summed E-state index contributed by atoms with van der Waals surface area (Å²) in [5, 5.41) is 6.24. The molecule has 122 valence electrons. The second kappa shape index (κ2) is 6.82. The average molecular weight is 323 g/mol. The van der Waals surface area contributed by atoms with E-state index in [4.69, 9.17) is 9.26 Å². The molecule has 6 nitrogen and oxygen atoms in total. The lowest BCUT2D eigenvalue weighted by atomic mass is 10.1. The van der Waals surface area contributed by atoms with Crippen LogP contribution in [0.1, 0.15) is 25.1 Å². The summed E-state index contributed by atoms with van der Waals surface area (Å²) in [7, 11) is 0. The Kier molecular flexibility index (Phi) is 4.61. The van der Waals surface area contributed by atoms with E-state index in [0.717, 1.165) is 25.0 Å². The second-order valence-electron chi connectivity index (χ2n) is 5.19. The fourth-order valence-electron chi connectivity index (χ4n) is 2.36. The SMILES string of the molecule is O=C(NCc1noc(-c2c(F)cccc2F)n1)[C@@H]1CCCCO1. The number of hydrogen-bond acceptors (Lipinski definition) is 5. The van der Waals surface area contributed by atoms with Gasteiger partial charge < -0.3 is 14.6 Å². The van der Waals surface area contributed by atoms with Gasteiger partial charge in [0.25, 0.3) is 5.89 Å². The second-order valence-corrected chi connectivity index (χ2v) is 5.19. The van der Waals surface area contributed by atoms with Gasteiger partial charge in [0.05, 0.1) is 6.54 Å². The van der Waals surface area contributed by atoms with E-state index in [2.05, 4.69) is 15.5 Å². The number of carbonyl (C=O) groups is 1. The van der Waals surface area contributed by atoms with Crippen molar-refractivity contribution in [3.8, 4) is 11.5 Å². The number of benzene rings is 1. The average Bonchev–Trinajstić information content (AvgIpc) is 3.02. The van der Waals surface area contributed by atoms with Crippen LogP contribution < -0.4 is 5.32 Å².